The maximum absolute atomic E-state index is 8.58. The second kappa shape index (κ2) is 3.47. The zero-order chi connectivity index (χ0) is 9.97. The number of hydrogen-bond donors (Lipinski definition) is 3. The zero-order valence-electron chi connectivity index (χ0n) is 7.44. The molecule has 0 fully saturated rings. The number of aromatic nitrogens is 2. The van der Waals surface area contributed by atoms with Crippen LogP contribution in [0.3, 0.4) is 0 Å². The summed E-state index contributed by atoms with van der Waals surface area (Å²) in [4.78, 5) is 3.70. The van der Waals surface area contributed by atoms with Crippen molar-refractivity contribution in [3.63, 3.8) is 0 Å². The van der Waals surface area contributed by atoms with Crippen LogP contribution in [0.25, 0.3) is 10.9 Å². The lowest BCUT2D eigenvalue weighted by molar-refractivity contribution is 0.309. The molecule has 5 heteroatoms. The number of nitrogens with one attached hydrogen (secondary N) is 1. The number of aliphatic hydroxyl groups excluding tert-OH is 1. The van der Waals surface area contributed by atoms with E-state index in [2.05, 4.69) is 15.2 Å². The number of aliphatic hydroxyl groups is 1. The lowest BCUT2D eigenvalue weighted by atomic mass is 10.1. The summed E-state index contributed by atoms with van der Waals surface area (Å²) in [5.74, 6) is 0.323. The molecule has 4 N–H and O–H groups in total. The van der Waals surface area contributed by atoms with Crippen LogP contribution in [0.15, 0.2) is 29.4 Å². The fourth-order valence-corrected chi connectivity index (χ4v) is 1.26. The molecule has 0 aliphatic carbocycles. The van der Waals surface area contributed by atoms with Gasteiger partial charge in [0, 0.05) is 10.9 Å². The van der Waals surface area contributed by atoms with Crippen molar-refractivity contribution < 1.29 is 5.11 Å². The Balaban J connectivity index is 2.48. The molecule has 0 saturated heterocycles. The highest BCUT2D eigenvalue weighted by molar-refractivity contribution is 6.00. The lowest BCUT2D eigenvalue weighted by Gasteiger charge is -1.99. The van der Waals surface area contributed by atoms with Crippen LogP contribution in [0.5, 0.6) is 0 Å². The highest BCUT2D eigenvalue weighted by Crippen LogP contribution is 2.12. The molecule has 0 spiro atoms. The molecule has 0 atom stereocenters. The van der Waals surface area contributed by atoms with Gasteiger partial charge in [-0.1, -0.05) is 12.1 Å². The van der Waals surface area contributed by atoms with E-state index in [1.165, 1.54) is 0 Å². The second-order valence-corrected chi connectivity index (χ2v) is 2.86. The minimum absolute atomic E-state index is 0.299. The van der Waals surface area contributed by atoms with Crippen molar-refractivity contribution in [1.82, 2.24) is 10.2 Å². The quantitative estimate of drug-likeness (QED) is 0.467. The van der Waals surface area contributed by atoms with Crippen LogP contribution in [0, 0.1) is 0 Å². The van der Waals surface area contributed by atoms with Crippen molar-refractivity contribution in [3.8, 4) is 0 Å². The van der Waals surface area contributed by atoms with Gasteiger partial charge in [0.1, 0.15) is 12.6 Å². The molecule has 14 heavy (non-hydrogen) atoms. The summed E-state index contributed by atoms with van der Waals surface area (Å²) in [5, 5.41) is 16.3. The normalized spacial score (nSPS) is 12.2. The van der Waals surface area contributed by atoms with Crippen LogP contribution in [-0.4, -0.2) is 27.9 Å². The number of hydrogen-bond acceptors (Lipinski definition) is 3. The monoisotopic (exact) mass is 190 g/mol. The molecule has 0 bridgehead atoms. The first kappa shape index (κ1) is 8.71. The highest BCUT2D eigenvalue weighted by atomic mass is 16.3. The number of aromatic amines is 1. The van der Waals surface area contributed by atoms with Crippen molar-refractivity contribution >= 4 is 16.7 Å². The summed E-state index contributed by atoms with van der Waals surface area (Å²) < 4.78 is 0. The van der Waals surface area contributed by atoms with Gasteiger partial charge >= 0.3 is 0 Å². The number of H-pyrrole nitrogens is 1. The van der Waals surface area contributed by atoms with Gasteiger partial charge in [0.25, 0.3) is 0 Å². The van der Waals surface area contributed by atoms with E-state index in [1.54, 1.807) is 6.20 Å². The molecule has 1 aromatic heterocycles. The van der Waals surface area contributed by atoms with E-state index in [0.717, 1.165) is 16.5 Å². The van der Waals surface area contributed by atoms with Gasteiger partial charge in [-0.25, -0.2) is 4.99 Å². The smallest absolute Gasteiger partial charge is 0.136 e. The Morgan fingerprint density at radius 3 is 3.21 bits per heavy atom. The Morgan fingerprint density at radius 1 is 1.57 bits per heavy atom. The molecule has 0 amide bonds. The van der Waals surface area contributed by atoms with Crippen molar-refractivity contribution in [3.05, 3.63) is 30.0 Å². The zero-order valence-corrected chi connectivity index (χ0v) is 7.44. The van der Waals surface area contributed by atoms with Crippen LogP contribution in [0.2, 0.25) is 0 Å². The standard InChI is InChI=1S/C9H10N4O/c10-9(11-5-14)6-1-2-7-4-12-13-8(7)3-6/h1-4,14H,5H2,(H2,10,11)(H,12,13). The molecule has 2 rings (SSSR count). The average molecular weight is 190 g/mol. The minimum Gasteiger partial charge on any atom is -0.383 e. The van der Waals surface area contributed by atoms with Gasteiger partial charge < -0.3 is 10.8 Å². The predicted octanol–water partition coefficient (Wildman–Crippen LogP) is 0.218. The summed E-state index contributed by atoms with van der Waals surface area (Å²) in [5.41, 5.74) is 7.30. The Bertz CT molecular complexity index is 474. The number of nitrogens with two attached hydrogens (primary N) is 1. The first-order valence-corrected chi connectivity index (χ1v) is 4.15. The molecular formula is C9H10N4O. The SMILES string of the molecule is NC(=NCO)c1ccc2cn[nH]c2c1. The van der Waals surface area contributed by atoms with E-state index in [4.69, 9.17) is 10.8 Å². The second-order valence-electron chi connectivity index (χ2n) is 2.86. The summed E-state index contributed by atoms with van der Waals surface area (Å²) in [6.07, 6.45) is 1.73. The van der Waals surface area contributed by atoms with Gasteiger partial charge in [0.05, 0.1) is 11.7 Å². The number of nitrogens with zero attached hydrogens (tertiary/aromatic N) is 2. The van der Waals surface area contributed by atoms with Crippen LogP contribution in [0.4, 0.5) is 0 Å². The first-order valence-electron chi connectivity index (χ1n) is 4.15. The molecule has 0 unspecified atom stereocenters. The van der Waals surface area contributed by atoms with Crippen molar-refractivity contribution in [1.29, 1.82) is 0 Å². The van der Waals surface area contributed by atoms with Crippen LogP contribution >= 0.6 is 0 Å². The molecule has 0 saturated carbocycles. The molecule has 0 aliphatic rings. The summed E-state index contributed by atoms with van der Waals surface area (Å²) in [7, 11) is 0. The molecule has 72 valence electrons. The molecule has 0 radical (unpaired) electrons. The van der Waals surface area contributed by atoms with E-state index in [1.807, 2.05) is 18.2 Å². The van der Waals surface area contributed by atoms with E-state index in [0.29, 0.717) is 5.84 Å². The number of amidine groups is 1. The number of rotatable bonds is 2. The van der Waals surface area contributed by atoms with Crippen molar-refractivity contribution in [2.75, 3.05) is 6.73 Å². The van der Waals surface area contributed by atoms with Gasteiger partial charge in [-0.3, -0.25) is 5.10 Å². The van der Waals surface area contributed by atoms with Crippen LogP contribution in [0.1, 0.15) is 5.56 Å². The lowest BCUT2D eigenvalue weighted by Crippen LogP contribution is -2.13. The summed E-state index contributed by atoms with van der Waals surface area (Å²) >= 11 is 0. The predicted molar refractivity (Wildman–Crippen MR) is 53.9 cm³/mol. The van der Waals surface area contributed by atoms with Gasteiger partial charge in [0.15, 0.2) is 0 Å². The topological polar surface area (TPSA) is 87.3 Å². The maximum Gasteiger partial charge on any atom is 0.136 e. The third-order valence-corrected chi connectivity index (χ3v) is 1.98. The molecule has 5 nitrogen and oxygen atoms in total. The van der Waals surface area contributed by atoms with E-state index in [9.17, 15) is 0 Å². The maximum atomic E-state index is 8.58. The number of aliphatic imine (C=N–C) groups is 1. The molecule has 1 heterocycles. The van der Waals surface area contributed by atoms with E-state index >= 15 is 0 Å². The summed E-state index contributed by atoms with van der Waals surface area (Å²) in [6, 6.07) is 5.58. The van der Waals surface area contributed by atoms with Gasteiger partial charge in [-0.15, -0.1) is 0 Å². The van der Waals surface area contributed by atoms with Crippen molar-refractivity contribution in [2.24, 2.45) is 10.7 Å². The third-order valence-electron chi connectivity index (χ3n) is 1.98. The Hall–Kier alpha value is -1.88. The number of fused-ring (bicyclic) bond motifs is 1. The minimum atomic E-state index is -0.299. The molecule has 1 aromatic carbocycles. The number of benzene rings is 1. The Labute approximate surface area is 80.3 Å². The third kappa shape index (κ3) is 1.45. The highest BCUT2D eigenvalue weighted by Gasteiger charge is 2.00. The van der Waals surface area contributed by atoms with Gasteiger partial charge in [-0.05, 0) is 6.07 Å². The van der Waals surface area contributed by atoms with E-state index in [-0.39, 0.29) is 6.73 Å². The molecule has 0 aliphatic heterocycles. The van der Waals surface area contributed by atoms with Crippen molar-refractivity contribution in [2.45, 2.75) is 0 Å². The Morgan fingerprint density at radius 2 is 2.43 bits per heavy atom. The average Bonchev–Trinajstić information content (AvgIpc) is 2.64. The molecular weight excluding hydrogens is 180 g/mol. The van der Waals surface area contributed by atoms with Gasteiger partial charge in [-0.2, -0.15) is 5.10 Å². The van der Waals surface area contributed by atoms with Crippen LogP contribution < -0.4 is 5.73 Å². The first-order chi connectivity index (χ1) is 6.81. The molecule has 2 aromatic rings. The fourth-order valence-electron chi connectivity index (χ4n) is 1.26. The van der Waals surface area contributed by atoms with Crippen LogP contribution in [-0.2, 0) is 0 Å². The largest absolute Gasteiger partial charge is 0.383 e. The van der Waals surface area contributed by atoms with E-state index < -0.39 is 0 Å². The summed E-state index contributed by atoms with van der Waals surface area (Å²) in [6.45, 7) is -0.299. The van der Waals surface area contributed by atoms with Gasteiger partial charge in [0.2, 0.25) is 0 Å². The Kier molecular flexibility index (Phi) is 2.16. The fraction of sp³-hybridized carbons (Fsp3) is 0.111.